The number of nitrogens with one attached hydrogen (secondary N) is 1. The Bertz CT molecular complexity index is 634. The first-order chi connectivity index (χ1) is 8.25. The molecule has 86 valence electrons. The number of para-hydroxylation sites is 1. The maximum Gasteiger partial charge on any atom is 0.181 e. The maximum atomic E-state index is 4.59. The van der Waals surface area contributed by atoms with Gasteiger partial charge >= 0.3 is 0 Å². The fraction of sp³-hybridized carbons (Fsp3) is 0.231. The average Bonchev–Trinajstić information content (AvgIpc) is 2.89. The van der Waals surface area contributed by atoms with Crippen LogP contribution in [0.15, 0.2) is 36.5 Å². The minimum atomic E-state index is 0.395. The topological polar surface area (TPSA) is 46.5 Å². The number of hydrogen-bond donors (Lipinski definition) is 1. The summed E-state index contributed by atoms with van der Waals surface area (Å²) in [6.45, 7) is 4.25. The molecule has 1 aromatic carbocycles. The largest absolute Gasteiger partial charge is 0.339 e. The lowest BCUT2D eigenvalue weighted by atomic mass is 10.2. The highest BCUT2D eigenvalue weighted by Gasteiger charge is 2.11. The van der Waals surface area contributed by atoms with Gasteiger partial charge in [0.1, 0.15) is 11.3 Å². The van der Waals surface area contributed by atoms with Crippen LogP contribution in [-0.4, -0.2) is 19.7 Å². The Hall–Kier alpha value is -2.10. The second-order valence-electron chi connectivity index (χ2n) is 4.41. The van der Waals surface area contributed by atoms with Crippen molar-refractivity contribution in [3.8, 4) is 5.69 Å². The number of nitrogens with zero attached hydrogens (tertiary/aromatic N) is 3. The van der Waals surface area contributed by atoms with E-state index in [0.29, 0.717) is 5.92 Å². The Morgan fingerprint density at radius 2 is 1.94 bits per heavy atom. The third-order valence-corrected chi connectivity index (χ3v) is 2.78. The second-order valence-corrected chi connectivity index (χ2v) is 4.41. The lowest BCUT2D eigenvalue weighted by Crippen LogP contribution is -1.97. The zero-order valence-electron chi connectivity index (χ0n) is 9.88. The minimum absolute atomic E-state index is 0.395. The molecule has 0 radical (unpaired) electrons. The van der Waals surface area contributed by atoms with Gasteiger partial charge in [-0.1, -0.05) is 32.0 Å². The number of H-pyrrole nitrogens is 1. The van der Waals surface area contributed by atoms with Crippen molar-refractivity contribution in [2.45, 2.75) is 19.8 Å². The number of aromatic nitrogens is 4. The zero-order valence-corrected chi connectivity index (χ0v) is 9.88. The van der Waals surface area contributed by atoms with Gasteiger partial charge < -0.3 is 4.98 Å². The van der Waals surface area contributed by atoms with Gasteiger partial charge in [0, 0.05) is 5.92 Å². The number of hydrogen-bond acceptors (Lipinski definition) is 2. The van der Waals surface area contributed by atoms with E-state index in [9.17, 15) is 0 Å². The summed E-state index contributed by atoms with van der Waals surface area (Å²) in [6, 6.07) is 10.0. The third-order valence-electron chi connectivity index (χ3n) is 2.78. The summed E-state index contributed by atoms with van der Waals surface area (Å²) in [5.41, 5.74) is 2.90. The number of imidazole rings is 1. The predicted octanol–water partition coefficient (Wildman–Crippen LogP) is 2.87. The van der Waals surface area contributed by atoms with Gasteiger partial charge in [0.25, 0.3) is 0 Å². The van der Waals surface area contributed by atoms with E-state index in [1.807, 2.05) is 41.2 Å². The van der Waals surface area contributed by atoms with E-state index in [1.54, 1.807) is 0 Å². The highest BCUT2D eigenvalue weighted by atomic mass is 15.3. The van der Waals surface area contributed by atoms with E-state index in [2.05, 4.69) is 28.9 Å². The van der Waals surface area contributed by atoms with Crippen LogP contribution >= 0.6 is 0 Å². The second kappa shape index (κ2) is 3.73. The first-order valence-corrected chi connectivity index (χ1v) is 5.75. The Morgan fingerprint density at radius 1 is 1.18 bits per heavy atom. The van der Waals surface area contributed by atoms with Crippen molar-refractivity contribution in [1.29, 1.82) is 0 Å². The molecule has 4 nitrogen and oxygen atoms in total. The summed E-state index contributed by atoms with van der Waals surface area (Å²) >= 11 is 0. The molecule has 2 heterocycles. The van der Waals surface area contributed by atoms with Gasteiger partial charge in [-0.05, 0) is 12.1 Å². The van der Waals surface area contributed by atoms with Crippen molar-refractivity contribution in [1.82, 2.24) is 19.7 Å². The van der Waals surface area contributed by atoms with Gasteiger partial charge in [0.2, 0.25) is 0 Å². The van der Waals surface area contributed by atoms with E-state index in [4.69, 9.17) is 0 Å². The van der Waals surface area contributed by atoms with Gasteiger partial charge in [0.15, 0.2) is 5.65 Å². The molecule has 0 atom stereocenters. The first kappa shape index (κ1) is 10.1. The summed E-state index contributed by atoms with van der Waals surface area (Å²) in [5.74, 6) is 1.40. The number of rotatable bonds is 2. The smallest absolute Gasteiger partial charge is 0.181 e. The summed E-state index contributed by atoms with van der Waals surface area (Å²) in [6.07, 6.45) is 1.82. The quantitative estimate of drug-likeness (QED) is 0.730. The first-order valence-electron chi connectivity index (χ1n) is 5.75. The van der Waals surface area contributed by atoms with Crippen molar-refractivity contribution >= 4 is 11.2 Å². The zero-order chi connectivity index (χ0) is 11.8. The molecule has 0 unspecified atom stereocenters. The SMILES string of the molecule is CC(C)c1nc2c(cnn2-c2ccccc2)[nH]1. The van der Waals surface area contributed by atoms with Crippen molar-refractivity contribution in [3.05, 3.63) is 42.4 Å². The monoisotopic (exact) mass is 226 g/mol. The van der Waals surface area contributed by atoms with Crippen LogP contribution in [0.3, 0.4) is 0 Å². The van der Waals surface area contributed by atoms with Gasteiger partial charge in [-0.25, -0.2) is 9.67 Å². The van der Waals surface area contributed by atoms with Crippen LogP contribution in [0.5, 0.6) is 0 Å². The van der Waals surface area contributed by atoms with Crippen LogP contribution in [-0.2, 0) is 0 Å². The Kier molecular flexibility index (Phi) is 2.21. The molecular formula is C13H14N4. The molecule has 0 aliphatic heterocycles. The summed E-state index contributed by atoms with van der Waals surface area (Å²) in [5, 5.41) is 4.35. The molecule has 0 spiro atoms. The number of fused-ring (bicyclic) bond motifs is 1. The van der Waals surface area contributed by atoms with Crippen molar-refractivity contribution in [2.75, 3.05) is 0 Å². The summed E-state index contributed by atoms with van der Waals surface area (Å²) in [7, 11) is 0. The standard InChI is InChI=1S/C13H14N4/c1-9(2)12-15-11-8-14-17(13(11)16-12)10-6-4-3-5-7-10/h3-9H,1-2H3,(H,15,16). The van der Waals surface area contributed by atoms with Gasteiger partial charge in [-0.3, -0.25) is 0 Å². The highest BCUT2D eigenvalue weighted by Crippen LogP contribution is 2.19. The van der Waals surface area contributed by atoms with Crippen LogP contribution in [0, 0.1) is 0 Å². The molecular weight excluding hydrogens is 212 g/mol. The van der Waals surface area contributed by atoms with Gasteiger partial charge in [-0.2, -0.15) is 5.10 Å². The molecule has 0 amide bonds. The van der Waals surface area contributed by atoms with Gasteiger partial charge in [-0.15, -0.1) is 0 Å². The van der Waals surface area contributed by atoms with Crippen LogP contribution < -0.4 is 0 Å². The predicted molar refractivity (Wildman–Crippen MR) is 67.3 cm³/mol. The molecule has 2 aromatic heterocycles. The molecule has 0 saturated carbocycles. The average molecular weight is 226 g/mol. The van der Waals surface area contributed by atoms with Gasteiger partial charge in [0.05, 0.1) is 11.9 Å². The lowest BCUT2D eigenvalue weighted by Gasteiger charge is -2.00. The van der Waals surface area contributed by atoms with E-state index in [1.165, 1.54) is 0 Å². The summed E-state index contributed by atoms with van der Waals surface area (Å²) in [4.78, 5) is 7.88. The molecule has 0 aliphatic carbocycles. The molecule has 0 aliphatic rings. The summed E-state index contributed by atoms with van der Waals surface area (Å²) < 4.78 is 1.86. The van der Waals surface area contributed by atoms with Crippen molar-refractivity contribution in [3.63, 3.8) is 0 Å². The van der Waals surface area contributed by atoms with Crippen molar-refractivity contribution in [2.24, 2.45) is 0 Å². The minimum Gasteiger partial charge on any atom is -0.339 e. The fourth-order valence-corrected chi connectivity index (χ4v) is 1.85. The molecule has 0 bridgehead atoms. The van der Waals surface area contributed by atoms with Crippen LogP contribution in [0.25, 0.3) is 16.9 Å². The van der Waals surface area contributed by atoms with E-state index < -0.39 is 0 Å². The molecule has 3 aromatic rings. The number of benzene rings is 1. The maximum absolute atomic E-state index is 4.59. The van der Waals surface area contributed by atoms with Crippen molar-refractivity contribution < 1.29 is 0 Å². The molecule has 1 N–H and O–H groups in total. The third kappa shape index (κ3) is 1.62. The molecule has 0 fully saturated rings. The van der Waals surface area contributed by atoms with Crippen LogP contribution in [0.2, 0.25) is 0 Å². The van der Waals surface area contributed by atoms with E-state index in [-0.39, 0.29) is 0 Å². The normalized spacial score (nSPS) is 11.5. The van der Waals surface area contributed by atoms with E-state index >= 15 is 0 Å². The van der Waals surface area contributed by atoms with Crippen LogP contribution in [0.4, 0.5) is 0 Å². The molecule has 17 heavy (non-hydrogen) atoms. The molecule has 4 heteroatoms. The Balaban J connectivity index is 2.18. The lowest BCUT2D eigenvalue weighted by molar-refractivity contribution is 0.789. The van der Waals surface area contributed by atoms with Crippen LogP contribution in [0.1, 0.15) is 25.6 Å². The Morgan fingerprint density at radius 3 is 2.65 bits per heavy atom. The number of aromatic amines is 1. The highest BCUT2D eigenvalue weighted by molar-refractivity contribution is 5.72. The Labute approximate surface area is 99.3 Å². The molecule has 3 rings (SSSR count). The fourth-order valence-electron chi connectivity index (χ4n) is 1.85. The molecule has 0 saturated heterocycles. The van der Waals surface area contributed by atoms with E-state index in [0.717, 1.165) is 22.7 Å².